The Kier molecular flexibility index (Phi) is 3.72. The first kappa shape index (κ1) is 13.5. The molecule has 2 fully saturated rings. The predicted octanol–water partition coefficient (Wildman–Crippen LogP) is 2.34. The maximum atomic E-state index is 10.9. The molecule has 0 radical (unpaired) electrons. The zero-order chi connectivity index (χ0) is 14.1. The third-order valence-electron chi connectivity index (χ3n) is 4.78. The summed E-state index contributed by atoms with van der Waals surface area (Å²) in [6, 6.07) is 7.89. The van der Waals surface area contributed by atoms with Crippen LogP contribution in [-0.2, 0) is 0 Å². The lowest BCUT2D eigenvalue weighted by Crippen LogP contribution is -2.46. The number of hydrogen-bond acceptors (Lipinski definition) is 4. The van der Waals surface area contributed by atoms with Crippen molar-refractivity contribution in [2.75, 3.05) is 19.6 Å². The molecule has 3 rings (SSSR count). The molecule has 3 atom stereocenters. The van der Waals surface area contributed by atoms with Crippen LogP contribution in [0.3, 0.4) is 0 Å². The monoisotopic (exact) mass is 275 g/mol. The minimum Gasteiger partial charge on any atom is -0.315 e. The van der Waals surface area contributed by atoms with Gasteiger partial charge < -0.3 is 5.32 Å². The van der Waals surface area contributed by atoms with Crippen molar-refractivity contribution in [2.24, 2.45) is 5.92 Å². The van der Waals surface area contributed by atoms with Gasteiger partial charge in [-0.25, -0.2) is 0 Å². The largest absolute Gasteiger partial charge is 0.315 e. The lowest BCUT2D eigenvalue weighted by Gasteiger charge is -2.41. The zero-order valence-electron chi connectivity index (χ0n) is 11.8. The van der Waals surface area contributed by atoms with Gasteiger partial charge in [-0.05, 0) is 44.3 Å². The summed E-state index contributed by atoms with van der Waals surface area (Å²) in [6.45, 7) is 5.42. The number of fused-ring (bicyclic) bond motifs is 1. The molecule has 2 saturated heterocycles. The molecule has 0 bridgehead atoms. The van der Waals surface area contributed by atoms with Gasteiger partial charge in [0.1, 0.15) is 0 Å². The molecule has 0 aromatic heterocycles. The number of likely N-dealkylation sites (tertiary alicyclic amines) is 1. The Morgan fingerprint density at radius 1 is 1.45 bits per heavy atom. The number of non-ortho nitro benzene ring substituents is 1. The molecule has 0 spiro atoms. The van der Waals surface area contributed by atoms with Crippen molar-refractivity contribution in [1.29, 1.82) is 0 Å². The molecular formula is C15H21N3O2. The number of nitro benzene ring substituents is 1. The van der Waals surface area contributed by atoms with Crippen LogP contribution in [0, 0.1) is 16.0 Å². The summed E-state index contributed by atoms with van der Waals surface area (Å²) in [6.07, 6.45) is 2.53. The zero-order valence-corrected chi connectivity index (χ0v) is 11.8. The minimum atomic E-state index is -0.313. The van der Waals surface area contributed by atoms with E-state index in [2.05, 4.69) is 17.1 Å². The molecule has 2 aliphatic heterocycles. The van der Waals surface area contributed by atoms with E-state index in [1.807, 2.05) is 6.07 Å². The van der Waals surface area contributed by atoms with E-state index in [9.17, 15) is 10.1 Å². The van der Waals surface area contributed by atoms with Crippen molar-refractivity contribution in [3.05, 3.63) is 39.9 Å². The van der Waals surface area contributed by atoms with Crippen molar-refractivity contribution < 1.29 is 4.92 Å². The highest BCUT2D eigenvalue weighted by Crippen LogP contribution is 2.34. The number of piperidine rings is 1. The van der Waals surface area contributed by atoms with Crippen molar-refractivity contribution in [3.63, 3.8) is 0 Å². The van der Waals surface area contributed by atoms with E-state index in [0.29, 0.717) is 6.04 Å². The van der Waals surface area contributed by atoms with E-state index in [4.69, 9.17) is 0 Å². The fourth-order valence-corrected chi connectivity index (χ4v) is 3.67. The smallest absolute Gasteiger partial charge is 0.269 e. The van der Waals surface area contributed by atoms with E-state index in [1.54, 1.807) is 18.2 Å². The van der Waals surface area contributed by atoms with Crippen molar-refractivity contribution in [2.45, 2.75) is 31.8 Å². The van der Waals surface area contributed by atoms with E-state index in [0.717, 1.165) is 31.1 Å². The minimum absolute atomic E-state index is 0.187. The average molecular weight is 275 g/mol. The van der Waals surface area contributed by atoms with E-state index >= 15 is 0 Å². The lowest BCUT2D eigenvalue weighted by atomic mass is 9.89. The molecule has 1 aromatic carbocycles. The molecule has 1 aromatic rings. The molecular weight excluding hydrogens is 254 g/mol. The number of hydrogen-bond donors (Lipinski definition) is 1. The van der Waals surface area contributed by atoms with Gasteiger partial charge in [-0.15, -0.1) is 0 Å². The van der Waals surface area contributed by atoms with Gasteiger partial charge in [-0.3, -0.25) is 15.0 Å². The first-order valence-electron chi connectivity index (χ1n) is 7.37. The summed E-state index contributed by atoms with van der Waals surface area (Å²) in [7, 11) is 0. The van der Waals surface area contributed by atoms with Crippen molar-refractivity contribution >= 4 is 5.69 Å². The fourth-order valence-electron chi connectivity index (χ4n) is 3.67. The first-order valence-corrected chi connectivity index (χ1v) is 7.37. The standard InChI is InChI=1S/C15H21N3O2/c1-11(12-4-2-6-14(8-12)18(19)20)17-7-3-5-13-9-16-10-15(13)17/h2,4,6,8,11,13,15-16H,3,5,7,9-10H2,1H3. The Hall–Kier alpha value is -1.46. The van der Waals surface area contributed by atoms with Crippen LogP contribution in [0.5, 0.6) is 0 Å². The molecule has 0 aliphatic carbocycles. The fraction of sp³-hybridized carbons (Fsp3) is 0.600. The highest BCUT2D eigenvalue weighted by Gasteiger charge is 2.37. The average Bonchev–Trinajstić information content (AvgIpc) is 2.95. The molecule has 0 amide bonds. The second-order valence-corrected chi connectivity index (χ2v) is 5.89. The van der Waals surface area contributed by atoms with Crippen molar-refractivity contribution in [1.82, 2.24) is 10.2 Å². The molecule has 108 valence electrons. The van der Waals surface area contributed by atoms with Gasteiger partial charge in [-0.2, -0.15) is 0 Å². The second-order valence-electron chi connectivity index (χ2n) is 5.89. The van der Waals surface area contributed by atoms with E-state index in [1.165, 1.54) is 12.8 Å². The number of nitrogens with one attached hydrogen (secondary N) is 1. The van der Waals surface area contributed by atoms with Crippen LogP contribution in [0.4, 0.5) is 5.69 Å². The van der Waals surface area contributed by atoms with E-state index in [-0.39, 0.29) is 16.7 Å². The first-order chi connectivity index (χ1) is 9.66. The molecule has 1 N–H and O–H groups in total. The number of rotatable bonds is 3. The molecule has 2 heterocycles. The maximum Gasteiger partial charge on any atom is 0.269 e. The molecule has 3 unspecified atom stereocenters. The Balaban J connectivity index is 1.82. The predicted molar refractivity (Wildman–Crippen MR) is 77.6 cm³/mol. The van der Waals surface area contributed by atoms with Gasteiger partial charge in [0.2, 0.25) is 0 Å². The van der Waals surface area contributed by atoms with Crippen LogP contribution in [0.2, 0.25) is 0 Å². The van der Waals surface area contributed by atoms with Gasteiger partial charge in [0.15, 0.2) is 0 Å². The van der Waals surface area contributed by atoms with Crippen LogP contribution in [0.15, 0.2) is 24.3 Å². The molecule has 5 heteroatoms. The van der Waals surface area contributed by atoms with Crippen LogP contribution >= 0.6 is 0 Å². The molecule has 5 nitrogen and oxygen atoms in total. The summed E-state index contributed by atoms with van der Waals surface area (Å²) in [5, 5.41) is 14.4. The third-order valence-corrected chi connectivity index (χ3v) is 4.78. The third kappa shape index (κ3) is 2.43. The number of benzene rings is 1. The highest BCUT2D eigenvalue weighted by molar-refractivity contribution is 5.35. The molecule has 20 heavy (non-hydrogen) atoms. The van der Waals surface area contributed by atoms with Gasteiger partial charge in [-0.1, -0.05) is 12.1 Å². The number of nitro groups is 1. The SMILES string of the molecule is CC(c1cccc([N+](=O)[O-])c1)N1CCCC2CNCC21. The summed E-state index contributed by atoms with van der Waals surface area (Å²) >= 11 is 0. The summed E-state index contributed by atoms with van der Waals surface area (Å²) in [5.74, 6) is 0.741. The van der Waals surface area contributed by atoms with Gasteiger partial charge in [0, 0.05) is 30.8 Å². The molecule has 2 aliphatic rings. The summed E-state index contributed by atoms with van der Waals surface area (Å²) in [5.41, 5.74) is 1.24. The Labute approximate surface area is 119 Å². The normalized spacial score (nSPS) is 28.1. The maximum absolute atomic E-state index is 10.9. The van der Waals surface area contributed by atoms with Crippen LogP contribution in [-0.4, -0.2) is 35.5 Å². The lowest BCUT2D eigenvalue weighted by molar-refractivity contribution is -0.385. The van der Waals surface area contributed by atoms with E-state index < -0.39 is 0 Å². The second kappa shape index (κ2) is 5.50. The van der Waals surface area contributed by atoms with Crippen LogP contribution in [0.25, 0.3) is 0 Å². The Morgan fingerprint density at radius 3 is 3.10 bits per heavy atom. The highest BCUT2D eigenvalue weighted by atomic mass is 16.6. The van der Waals surface area contributed by atoms with Gasteiger partial charge in [0.25, 0.3) is 5.69 Å². The Bertz CT molecular complexity index is 506. The number of nitrogens with zero attached hydrogens (tertiary/aromatic N) is 2. The topological polar surface area (TPSA) is 58.4 Å². The Morgan fingerprint density at radius 2 is 2.30 bits per heavy atom. The van der Waals surface area contributed by atoms with Gasteiger partial charge in [0.05, 0.1) is 4.92 Å². The summed E-state index contributed by atoms with van der Waals surface area (Å²) < 4.78 is 0. The summed E-state index contributed by atoms with van der Waals surface area (Å²) in [4.78, 5) is 13.1. The van der Waals surface area contributed by atoms with Crippen LogP contribution < -0.4 is 5.32 Å². The van der Waals surface area contributed by atoms with Gasteiger partial charge >= 0.3 is 0 Å². The quantitative estimate of drug-likeness (QED) is 0.679. The van der Waals surface area contributed by atoms with Crippen molar-refractivity contribution in [3.8, 4) is 0 Å². The van der Waals surface area contributed by atoms with Crippen LogP contribution in [0.1, 0.15) is 31.4 Å². The molecule has 0 saturated carbocycles.